The van der Waals surface area contributed by atoms with E-state index in [-0.39, 0.29) is 29.5 Å². The minimum absolute atomic E-state index is 0. The lowest BCUT2D eigenvalue weighted by Crippen LogP contribution is -2.56. The van der Waals surface area contributed by atoms with Gasteiger partial charge in [0.15, 0.2) is 5.96 Å². The molecule has 0 spiro atoms. The normalized spacial score (nSPS) is 16.1. The molecule has 1 aliphatic heterocycles. The highest BCUT2D eigenvalue weighted by molar-refractivity contribution is 14.0. The van der Waals surface area contributed by atoms with E-state index < -0.39 is 0 Å². The van der Waals surface area contributed by atoms with E-state index in [1.807, 2.05) is 25.2 Å². The lowest BCUT2D eigenvalue weighted by atomic mass is 10.0. The first-order valence-electron chi connectivity index (χ1n) is 9.76. The number of aromatic nitrogens is 2. The number of imidazole rings is 1. The molecular formula is C20H33IN6O. The van der Waals surface area contributed by atoms with Crippen LogP contribution < -0.4 is 10.6 Å². The fraction of sp³-hybridized carbons (Fsp3) is 0.600. The Hall–Kier alpha value is -1.39. The van der Waals surface area contributed by atoms with E-state index >= 15 is 0 Å². The first kappa shape index (κ1) is 22.9. The Balaban J connectivity index is 0.00000280. The predicted octanol–water partition coefficient (Wildman–Crippen LogP) is 2.36. The second kappa shape index (κ2) is 10.4. The Morgan fingerprint density at radius 1 is 1.21 bits per heavy atom. The van der Waals surface area contributed by atoms with Crippen LogP contribution in [0.25, 0.3) is 11.0 Å². The first-order valence-corrected chi connectivity index (χ1v) is 9.76. The van der Waals surface area contributed by atoms with Crippen LogP contribution >= 0.6 is 24.0 Å². The summed E-state index contributed by atoms with van der Waals surface area (Å²) in [5.41, 5.74) is 2.18. The van der Waals surface area contributed by atoms with Gasteiger partial charge < -0.3 is 19.9 Å². The number of nitrogens with one attached hydrogen (secondary N) is 2. The Labute approximate surface area is 185 Å². The maximum Gasteiger partial charge on any atom is 0.191 e. The van der Waals surface area contributed by atoms with Gasteiger partial charge in [-0.25, -0.2) is 9.98 Å². The number of halogens is 1. The molecule has 156 valence electrons. The van der Waals surface area contributed by atoms with Gasteiger partial charge in [0.2, 0.25) is 0 Å². The van der Waals surface area contributed by atoms with Crippen LogP contribution in [0.5, 0.6) is 0 Å². The van der Waals surface area contributed by atoms with Crippen molar-refractivity contribution in [3.8, 4) is 0 Å². The Kier molecular flexibility index (Phi) is 8.51. The summed E-state index contributed by atoms with van der Waals surface area (Å²) in [7, 11) is 2.04. The quantitative estimate of drug-likeness (QED) is 0.362. The number of morpholine rings is 1. The van der Waals surface area contributed by atoms with Crippen LogP contribution in [-0.4, -0.2) is 65.3 Å². The van der Waals surface area contributed by atoms with Crippen LogP contribution in [0.2, 0.25) is 0 Å². The van der Waals surface area contributed by atoms with Crippen molar-refractivity contribution in [1.29, 1.82) is 0 Å². The van der Waals surface area contributed by atoms with Crippen molar-refractivity contribution < 1.29 is 4.74 Å². The number of rotatable bonds is 6. The molecule has 3 rings (SSSR count). The maximum absolute atomic E-state index is 5.48. The molecule has 0 aliphatic carbocycles. The summed E-state index contributed by atoms with van der Waals surface area (Å²) in [4.78, 5) is 11.9. The molecule has 2 aromatic rings. The summed E-state index contributed by atoms with van der Waals surface area (Å²) in [6, 6.07) is 8.18. The van der Waals surface area contributed by atoms with Gasteiger partial charge in [0.25, 0.3) is 0 Å². The van der Waals surface area contributed by atoms with E-state index in [9.17, 15) is 0 Å². The van der Waals surface area contributed by atoms with Crippen LogP contribution in [0.4, 0.5) is 0 Å². The van der Waals surface area contributed by atoms with E-state index in [1.54, 1.807) is 0 Å². The summed E-state index contributed by atoms with van der Waals surface area (Å²) in [6.07, 6.45) is 0. The molecule has 0 radical (unpaired) electrons. The zero-order chi connectivity index (χ0) is 19.3. The molecule has 0 atom stereocenters. The fourth-order valence-electron chi connectivity index (χ4n) is 3.41. The second-order valence-corrected chi connectivity index (χ2v) is 7.54. The van der Waals surface area contributed by atoms with Crippen molar-refractivity contribution in [3.05, 3.63) is 30.1 Å². The van der Waals surface area contributed by atoms with E-state index in [0.717, 1.165) is 62.2 Å². The molecule has 1 aromatic heterocycles. The maximum atomic E-state index is 5.48. The number of guanidine groups is 1. The molecule has 2 N–H and O–H groups in total. The molecule has 2 heterocycles. The lowest BCUT2D eigenvalue weighted by Gasteiger charge is -2.41. The smallest absolute Gasteiger partial charge is 0.191 e. The molecule has 0 unspecified atom stereocenters. The SMILES string of the molecule is CCNC(=NCc1nc2ccccc2n1C)NCC(C)(C)N1CCOCC1.I. The van der Waals surface area contributed by atoms with Crippen molar-refractivity contribution >= 4 is 41.0 Å². The van der Waals surface area contributed by atoms with Gasteiger partial charge in [-0.3, -0.25) is 4.90 Å². The third kappa shape index (κ3) is 5.57. The van der Waals surface area contributed by atoms with E-state index in [0.29, 0.717) is 6.54 Å². The largest absolute Gasteiger partial charge is 0.379 e. The van der Waals surface area contributed by atoms with Gasteiger partial charge in [0, 0.05) is 38.8 Å². The van der Waals surface area contributed by atoms with Gasteiger partial charge in [-0.05, 0) is 32.9 Å². The van der Waals surface area contributed by atoms with Crippen molar-refractivity contribution in [2.24, 2.45) is 12.0 Å². The average Bonchev–Trinajstić information content (AvgIpc) is 3.01. The molecule has 0 bridgehead atoms. The van der Waals surface area contributed by atoms with Crippen LogP contribution in [0.3, 0.4) is 0 Å². The summed E-state index contributed by atoms with van der Waals surface area (Å²) in [6.45, 7) is 12.4. The van der Waals surface area contributed by atoms with Crippen molar-refractivity contribution in [1.82, 2.24) is 25.1 Å². The van der Waals surface area contributed by atoms with E-state index in [1.165, 1.54) is 0 Å². The standard InChI is InChI=1S/C20H32N6O.HI/c1-5-21-19(23-15-20(2,3)26-10-12-27-13-11-26)22-14-18-24-16-8-6-7-9-17(16)25(18)4;/h6-9H,5,10-15H2,1-4H3,(H2,21,22,23);1H. The zero-order valence-electron chi connectivity index (χ0n) is 17.4. The molecule has 1 aromatic carbocycles. The van der Waals surface area contributed by atoms with Gasteiger partial charge in [0.05, 0.1) is 24.2 Å². The third-order valence-electron chi connectivity index (χ3n) is 5.16. The average molecular weight is 500 g/mol. The molecule has 28 heavy (non-hydrogen) atoms. The topological polar surface area (TPSA) is 66.7 Å². The predicted molar refractivity (Wildman–Crippen MR) is 125 cm³/mol. The first-order chi connectivity index (χ1) is 13.0. The van der Waals surface area contributed by atoms with Gasteiger partial charge in [-0.15, -0.1) is 24.0 Å². The molecule has 8 heteroatoms. The molecule has 1 fully saturated rings. The van der Waals surface area contributed by atoms with Crippen molar-refractivity contribution in [2.75, 3.05) is 39.4 Å². The monoisotopic (exact) mass is 500 g/mol. The molecule has 1 aliphatic rings. The minimum Gasteiger partial charge on any atom is -0.379 e. The van der Waals surface area contributed by atoms with Crippen LogP contribution in [0.1, 0.15) is 26.6 Å². The highest BCUT2D eigenvalue weighted by atomic mass is 127. The Morgan fingerprint density at radius 2 is 1.93 bits per heavy atom. The van der Waals surface area contributed by atoms with Crippen LogP contribution in [-0.2, 0) is 18.3 Å². The van der Waals surface area contributed by atoms with Crippen LogP contribution in [0, 0.1) is 0 Å². The summed E-state index contributed by atoms with van der Waals surface area (Å²) in [5.74, 6) is 1.78. The molecular weight excluding hydrogens is 467 g/mol. The van der Waals surface area contributed by atoms with Gasteiger partial charge in [0.1, 0.15) is 12.4 Å². The number of aliphatic imine (C=N–C) groups is 1. The van der Waals surface area contributed by atoms with E-state index in [4.69, 9.17) is 14.7 Å². The van der Waals surface area contributed by atoms with Crippen molar-refractivity contribution in [2.45, 2.75) is 32.9 Å². The fourth-order valence-corrected chi connectivity index (χ4v) is 3.41. The summed E-state index contributed by atoms with van der Waals surface area (Å²) in [5, 5.41) is 6.84. The number of fused-ring (bicyclic) bond motifs is 1. The Morgan fingerprint density at radius 3 is 2.61 bits per heavy atom. The molecule has 7 nitrogen and oxygen atoms in total. The number of benzene rings is 1. The van der Waals surface area contributed by atoms with Gasteiger partial charge >= 0.3 is 0 Å². The van der Waals surface area contributed by atoms with Gasteiger partial charge in [-0.2, -0.15) is 0 Å². The van der Waals surface area contributed by atoms with Gasteiger partial charge in [-0.1, -0.05) is 12.1 Å². The minimum atomic E-state index is 0. The highest BCUT2D eigenvalue weighted by Crippen LogP contribution is 2.16. The summed E-state index contributed by atoms with van der Waals surface area (Å²) >= 11 is 0. The zero-order valence-corrected chi connectivity index (χ0v) is 19.7. The van der Waals surface area contributed by atoms with Crippen LogP contribution in [0.15, 0.2) is 29.3 Å². The number of hydrogen-bond acceptors (Lipinski definition) is 4. The molecule has 0 saturated carbocycles. The van der Waals surface area contributed by atoms with Crippen molar-refractivity contribution in [3.63, 3.8) is 0 Å². The highest BCUT2D eigenvalue weighted by Gasteiger charge is 2.28. The number of nitrogens with zero attached hydrogens (tertiary/aromatic N) is 4. The Bertz CT molecular complexity index is 782. The molecule has 1 saturated heterocycles. The number of aryl methyl sites for hydroxylation is 1. The molecule has 0 amide bonds. The lowest BCUT2D eigenvalue weighted by molar-refractivity contribution is -0.00834. The second-order valence-electron chi connectivity index (χ2n) is 7.54. The van der Waals surface area contributed by atoms with E-state index in [2.05, 4.69) is 46.9 Å². The number of para-hydroxylation sites is 2. The number of ether oxygens (including phenoxy) is 1. The number of hydrogen-bond donors (Lipinski definition) is 2. The summed E-state index contributed by atoms with van der Waals surface area (Å²) < 4.78 is 7.59. The third-order valence-corrected chi connectivity index (χ3v) is 5.16.